The Balaban J connectivity index is 1.45. The first-order valence-corrected chi connectivity index (χ1v) is 9.61. The highest BCUT2D eigenvalue weighted by molar-refractivity contribution is 7.19. The third-order valence-corrected chi connectivity index (χ3v) is 6.72. The van der Waals surface area contributed by atoms with Crippen molar-refractivity contribution in [3.63, 3.8) is 0 Å². The van der Waals surface area contributed by atoms with Crippen LogP contribution in [0, 0.1) is 18.3 Å². The predicted octanol–water partition coefficient (Wildman–Crippen LogP) is 3.74. The average molecular weight is 357 g/mol. The number of fused-ring (bicyclic) bond motifs is 1. The van der Waals surface area contributed by atoms with E-state index in [2.05, 4.69) is 29.4 Å². The number of aryl methyl sites for hydroxylation is 1. The number of urea groups is 1. The number of thiazole rings is 1. The highest BCUT2D eigenvalue weighted by Crippen LogP contribution is 2.48. The lowest BCUT2D eigenvalue weighted by Crippen LogP contribution is -2.36. The zero-order valence-electron chi connectivity index (χ0n) is 14.4. The smallest absolute Gasteiger partial charge is 0.323 e. The van der Waals surface area contributed by atoms with Crippen molar-refractivity contribution in [3.8, 4) is 10.4 Å². The molecule has 0 unspecified atom stereocenters. The van der Waals surface area contributed by atoms with E-state index >= 15 is 0 Å². The van der Waals surface area contributed by atoms with E-state index in [1.165, 1.54) is 16.9 Å². The van der Waals surface area contributed by atoms with E-state index in [1.54, 1.807) is 0 Å². The first kappa shape index (κ1) is 16.5. The molecule has 0 radical (unpaired) electrons. The van der Waals surface area contributed by atoms with E-state index in [1.807, 2.05) is 23.2 Å². The number of benzene rings is 1. The number of aliphatic hydroxyl groups excluding tert-OH is 1. The normalized spacial score (nSPS) is 25.2. The molecule has 1 aliphatic carbocycles. The molecule has 2 aliphatic rings. The van der Waals surface area contributed by atoms with E-state index < -0.39 is 0 Å². The van der Waals surface area contributed by atoms with Gasteiger partial charge in [0.25, 0.3) is 0 Å². The van der Waals surface area contributed by atoms with Gasteiger partial charge in [-0.05, 0) is 36.8 Å². The Morgan fingerprint density at radius 1 is 1.48 bits per heavy atom. The quantitative estimate of drug-likeness (QED) is 0.879. The summed E-state index contributed by atoms with van der Waals surface area (Å²) in [6.45, 7) is 3.64. The van der Waals surface area contributed by atoms with Crippen molar-refractivity contribution in [1.82, 2.24) is 9.88 Å². The lowest BCUT2D eigenvalue weighted by atomic mass is 9.82. The fraction of sp³-hybridized carbons (Fsp3) is 0.474. The fourth-order valence-corrected chi connectivity index (χ4v) is 5.20. The SMILES string of the molecule is Cc1ccccc1-c1cnc(NC(=O)N2C[C@@H]3CCC[C@]3(CO)C2)s1. The number of rotatable bonds is 3. The molecule has 0 spiro atoms. The third kappa shape index (κ3) is 2.93. The first-order chi connectivity index (χ1) is 12.1. The van der Waals surface area contributed by atoms with Gasteiger partial charge in [0, 0.05) is 24.7 Å². The average Bonchev–Trinajstić information content (AvgIpc) is 3.29. The van der Waals surface area contributed by atoms with Crippen LogP contribution in [0.2, 0.25) is 0 Å². The zero-order valence-corrected chi connectivity index (χ0v) is 15.2. The monoisotopic (exact) mass is 357 g/mol. The van der Waals surface area contributed by atoms with Crippen LogP contribution in [0.15, 0.2) is 30.5 Å². The first-order valence-electron chi connectivity index (χ1n) is 8.80. The van der Waals surface area contributed by atoms with Gasteiger partial charge in [-0.2, -0.15) is 0 Å². The number of aliphatic hydroxyl groups is 1. The van der Waals surface area contributed by atoms with Crippen molar-refractivity contribution in [3.05, 3.63) is 36.0 Å². The maximum atomic E-state index is 12.6. The van der Waals surface area contributed by atoms with Crippen molar-refractivity contribution in [2.24, 2.45) is 11.3 Å². The van der Waals surface area contributed by atoms with Crippen molar-refractivity contribution >= 4 is 22.5 Å². The maximum absolute atomic E-state index is 12.6. The third-order valence-electron chi connectivity index (χ3n) is 5.77. The number of nitrogens with zero attached hydrogens (tertiary/aromatic N) is 2. The van der Waals surface area contributed by atoms with Crippen LogP contribution in [-0.4, -0.2) is 40.7 Å². The van der Waals surface area contributed by atoms with Gasteiger partial charge in [-0.3, -0.25) is 5.32 Å². The maximum Gasteiger partial charge on any atom is 0.323 e. The summed E-state index contributed by atoms with van der Waals surface area (Å²) >= 11 is 1.49. The number of aromatic nitrogens is 1. The molecular formula is C19H23N3O2S. The molecule has 4 rings (SSSR count). The van der Waals surface area contributed by atoms with E-state index in [0.717, 1.165) is 36.2 Å². The van der Waals surface area contributed by atoms with E-state index in [0.29, 0.717) is 17.6 Å². The second-order valence-corrected chi connectivity index (χ2v) is 8.30. The van der Waals surface area contributed by atoms with Crippen molar-refractivity contribution in [2.75, 3.05) is 25.0 Å². The summed E-state index contributed by atoms with van der Waals surface area (Å²) in [7, 11) is 0. The molecule has 2 fully saturated rings. The summed E-state index contributed by atoms with van der Waals surface area (Å²) in [5.74, 6) is 0.432. The number of anilines is 1. The van der Waals surface area contributed by atoms with Crippen LogP contribution in [0.5, 0.6) is 0 Å². The van der Waals surface area contributed by atoms with Crippen LogP contribution in [0.25, 0.3) is 10.4 Å². The molecule has 1 aromatic heterocycles. The van der Waals surface area contributed by atoms with E-state index in [4.69, 9.17) is 0 Å². The molecule has 132 valence electrons. The Labute approximate surface area is 151 Å². The Morgan fingerprint density at radius 2 is 2.32 bits per heavy atom. The summed E-state index contributed by atoms with van der Waals surface area (Å²) in [5.41, 5.74) is 2.27. The Bertz CT molecular complexity index is 790. The van der Waals surface area contributed by atoms with Gasteiger partial charge in [-0.1, -0.05) is 42.0 Å². The van der Waals surface area contributed by atoms with Gasteiger partial charge in [-0.15, -0.1) is 0 Å². The molecule has 0 bridgehead atoms. The lowest BCUT2D eigenvalue weighted by molar-refractivity contribution is 0.114. The number of carbonyl (C=O) groups is 1. The minimum absolute atomic E-state index is 0.0769. The van der Waals surface area contributed by atoms with Gasteiger partial charge in [-0.25, -0.2) is 9.78 Å². The molecule has 1 saturated carbocycles. The van der Waals surface area contributed by atoms with Gasteiger partial charge in [0.1, 0.15) is 0 Å². The number of hydrogen-bond donors (Lipinski definition) is 2. The summed E-state index contributed by atoms with van der Waals surface area (Å²) in [6.07, 6.45) is 5.11. The summed E-state index contributed by atoms with van der Waals surface area (Å²) in [4.78, 5) is 19.9. The van der Waals surface area contributed by atoms with Gasteiger partial charge in [0.15, 0.2) is 5.13 Å². The molecule has 2 atom stereocenters. The number of amides is 2. The van der Waals surface area contributed by atoms with Crippen molar-refractivity contribution in [2.45, 2.75) is 26.2 Å². The summed E-state index contributed by atoms with van der Waals surface area (Å²) in [6, 6.07) is 8.07. The molecule has 6 heteroatoms. The number of hydrogen-bond acceptors (Lipinski definition) is 4. The Morgan fingerprint density at radius 3 is 3.08 bits per heavy atom. The number of nitrogens with one attached hydrogen (secondary N) is 1. The van der Waals surface area contributed by atoms with Crippen LogP contribution in [0.3, 0.4) is 0 Å². The zero-order chi connectivity index (χ0) is 17.4. The lowest BCUT2D eigenvalue weighted by Gasteiger charge is -2.25. The highest BCUT2D eigenvalue weighted by Gasteiger charge is 2.50. The number of carbonyl (C=O) groups excluding carboxylic acids is 1. The summed E-state index contributed by atoms with van der Waals surface area (Å²) < 4.78 is 0. The molecular weight excluding hydrogens is 334 g/mol. The van der Waals surface area contributed by atoms with Gasteiger partial charge >= 0.3 is 6.03 Å². The van der Waals surface area contributed by atoms with Crippen LogP contribution in [0.1, 0.15) is 24.8 Å². The molecule has 1 saturated heterocycles. The van der Waals surface area contributed by atoms with Crippen molar-refractivity contribution in [1.29, 1.82) is 0 Å². The van der Waals surface area contributed by atoms with E-state index in [-0.39, 0.29) is 18.1 Å². The molecule has 5 nitrogen and oxygen atoms in total. The molecule has 1 aliphatic heterocycles. The highest BCUT2D eigenvalue weighted by atomic mass is 32.1. The van der Waals surface area contributed by atoms with Gasteiger partial charge in [0.2, 0.25) is 0 Å². The molecule has 25 heavy (non-hydrogen) atoms. The van der Waals surface area contributed by atoms with Crippen LogP contribution >= 0.6 is 11.3 Å². The van der Waals surface area contributed by atoms with Crippen molar-refractivity contribution < 1.29 is 9.90 Å². The standard InChI is InChI=1S/C19H23N3O2S/c1-13-5-2-3-7-15(13)16-9-20-17(25-16)21-18(24)22-10-14-6-4-8-19(14,11-22)12-23/h2-3,5,7,9,14,23H,4,6,8,10-12H2,1H3,(H,20,21,24)/t14-,19+/m0/s1. The summed E-state index contributed by atoms with van der Waals surface area (Å²) in [5, 5.41) is 13.4. The Kier molecular flexibility index (Phi) is 4.25. The Hall–Kier alpha value is -1.92. The largest absolute Gasteiger partial charge is 0.396 e. The fourth-order valence-electron chi connectivity index (χ4n) is 4.30. The topological polar surface area (TPSA) is 65.5 Å². The molecule has 2 amide bonds. The molecule has 2 N–H and O–H groups in total. The molecule has 2 aromatic rings. The minimum atomic E-state index is -0.104. The van der Waals surface area contributed by atoms with Crippen LogP contribution in [-0.2, 0) is 0 Å². The number of likely N-dealkylation sites (tertiary alicyclic amines) is 1. The molecule has 2 heterocycles. The predicted molar refractivity (Wildman–Crippen MR) is 99.7 cm³/mol. The second kappa shape index (κ2) is 6.42. The van der Waals surface area contributed by atoms with Gasteiger partial charge < -0.3 is 10.0 Å². The molecule has 1 aromatic carbocycles. The second-order valence-electron chi connectivity index (χ2n) is 7.26. The van der Waals surface area contributed by atoms with Gasteiger partial charge in [0.05, 0.1) is 11.5 Å². The van der Waals surface area contributed by atoms with Crippen LogP contribution < -0.4 is 5.32 Å². The van der Waals surface area contributed by atoms with Crippen LogP contribution in [0.4, 0.5) is 9.93 Å². The minimum Gasteiger partial charge on any atom is -0.396 e. The van der Waals surface area contributed by atoms with E-state index in [9.17, 15) is 9.90 Å².